The summed E-state index contributed by atoms with van der Waals surface area (Å²) in [6.07, 6.45) is 9.20. The van der Waals surface area contributed by atoms with Crippen LogP contribution in [-0.4, -0.2) is 28.3 Å². The third-order valence-corrected chi connectivity index (χ3v) is 2.46. The van der Waals surface area contributed by atoms with Gasteiger partial charge in [-0.25, -0.2) is 4.98 Å². The van der Waals surface area contributed by atoms with Gasteiger partial charge in [-0.15, -0.1) is 0 Å². The Kier molecular flexibility index (Phi) is 6.83. The predicted molar refractivity (Wildman–Crippen MR) is 61.7 cm³/mol. The molecule has 0 aliphatic rings. The lowest BCUT2D eigenvalue weighted by molar-refractivity contribution is 0.581. The molecule has 4 nitrogen and oxygen atoms in total. The molecule has 2 N–H and O–H groups in total. The van der Waals surface area contributed by atoms with E-state index in [9.17, 15) is 0 Å². The summed E-state index contributed by atoms with van der Waals surface area (Å²) in [5.41, 5.74) is 0. The zero-order chi connectivity index (χ0) is 10.8. The molecule has 0 saturated heterocycles. The average molecular weight is 210 g/mol. The maximum atomic E-state index is 4.07. The highest BCUT2D eigenvalue weighted by Gasteiger charge is 1.94. The van der Waals surface area contributed by atoms with E-state index in [0.29, 0.717) is 0 Å². The molecule has 15 heavy (non-hydrogen) atoms. The van der Waals surface area contributed by atoms with Gasteiger partial charge in [-0.1, -0.05) is 32.6 Å². The number of hydrogen-bond donors (Lipinski definition) is 2. The first-order valence-electron chi connectivity index (χ1n) is 5.98. The summed E-state index contributed by atoms with van der Waals surface area (Å²) in [6.45, 7) is 4.36. The minimum absolute atomic E-state index is 0.939. The van der Waals surface area contributed by atoms with Crippen LogP contribution in [0.25, 0.3) is 0 Å². The smallest absolute Gasteiger partial charge is 0.137 e. The van der Waals surface area contributed by atoms with Crippen molar-refractivity contribution >= 4 is 0 Å². The van der Waals surface area contributed by atoms with Crippen LogP contribution in [0.1, 0.15) is 44.9 Å². The van der Waals surface area contributed by atoms with Crippen molar-refractivity contribution in [2.75, 3.05) is 13.1 Å². The molecule has 0 bridgehead atoms. The number of aromatic nitrogens is 3. The van der Waals surface area contributed by atoms with Gasteiger partial charge in [-0.3, -0.25) is 5.10 Å². The monoisotopic (exact) mass is 210 g/mol. The molecule has 0 radical (unpaired) electrons. The van der Waals surface area contributed by atoms with Crippen molar-refractivity contribution in [3.63, 3.8) is 0 Å². The molecular weight excluding hydrogens is 188 g/mol. The van der Waals surface area contributed by atoms with Crippen LogP contribution < -0.4 is 5.32 Å². The van der Waals surface area contributed by atoms with Crippen LogP contribution in [0.5, 0.6) is 0 Å². The summed E-state index contributed by atoms with van der Waals surface area (Å²) in [7, 11) is 0. The molecule has 0 amide bonds. The van der Waals surface area contributed by atoms with Crippen molar-refractivity contribution in [3.8, 4) is 0 Å². The standard InChI is InChI=1S/C11H22N4/c1-2-3-4-5-6-8-12-9-7-11-13-10-14-15-11/h10,12H,2-9H2,1H3,(H,13,14,15). The molecule has 0 aliphatic carbocycles. The number of aromatic amines is 1. The molecular formula is C11H22N4. The van der Waals surface area contributed by atoms with Gasteiger partial charge in [0.15, 0.2) is 0 Å². The highest BCUT2D eigenvalue weighted by atomic mass is 15.2. The highest BCUT2D eigenvalue weighted by Crippen LogP contribution is 2.00. The van der Waals surface area contributed by atoms with E-state index in [0.717, 1.165) is 25.3 Å². The second-order valence-electron chi connectivity index (χ2n) is 3.85. The lowest BCUT2D eigenvalue weighted by Crippen LogP contribution is -2.18. The van der Waals surface area contributed by atoms with Crippen LogP contribution in [-0.2, 0) is 6.42 Å². The number of hydrogen-bond acceptors (Lipinski definition) is 3. The molecule has 0 unspecified atom stereocenters. The molecule has 4 heteroatoms. The van der Waals surface area contributed by atoms with Gasteiger partial charge >= 0.3 is 0 Å². The maximum absolute atomic E-state index is 4.07. The Balaban J connectivity index is 1.81. The third kappa shape index (κ3) is 6.23. The Hall–Kier alpha value is -0.900. The van der Waals surface area contributed by atoms with E-state index in [-0.39, 0.29) is 0 Å². The molecule has 1 aromatic rings. The SMILES string of the molecule is CCCCCCCNCCc1ncn[nH]1. The fraction of sp³-hybridized carbons (Fsp3) is 0.818. The van der Waals surface area contributed by atoms with Gasteiger partial charge in [-0.05, 0) is 13.0 Å². The summed E-state index contributed by atoms with van der Waals surface area (Å²) in [5, 5.41) is 10.1. The summed E-state index contributed by atoms with van der Waals surface area (Å²) in [5.74, 6) is 0.966. The topological polar surface area (TPSA) is 53.6 Å². The van der Waals surface area contributed by atoms with E-state index in [4.69, 9.17) is 0 Å². The quantitative estimate of drug-likeness (QED) is 0.612. The van der Waals surface area contributed by atoms with Gasteiger partial charge in [0.25, 0.3) is 0 Å². The third-order valence-electron chi connectivity index (χ3n) is 2.46. The van der Waals surface area contributed by atoms with Crippen molar-refractivity contribution in [3.05, 3.63) is 12.2 Å². The largest absolute Gasteiger partial charge is 0.316 e. The minimum atomic E-state index is 0.939. The van der Waals surface area contributed by atoms with Gasteiger partial charge in [0, 0.05) is 13.0 Å². The van der Waals surface area contributed by atoms with Crippen molar-refractivity contribution in [1.82, 2.24) is 20.5 Å². The second kappa shape index (κ2) is 8.41. The fourth-order valence-electron chi connectivity index (χ4n) is 1.54. The van der Waals surface area contributed by atoms with Crippen molar-refractivity contribution in [2.45, 2.75) is 45.4 Å². The molecule has 0 atom stereocenters. The highest BCUT2D eigenvalue weighted by molar-refractivity contribution is 4.80. The molecule has 1 heterocycles. The van der Waals surface area contributed by atoms with Gasteiger partial charge < -0.3 is 5.32 Å². The summed E-state index contributed by atoms with van der Waals surface area (Å²) < 4.78 is 0. The lowest BCUT2D eigenvalue weighted by atomic mass is 10.1. The van der Waals surface area contributed by atoms with Gasteiger partial charge in [-0.2, -0.15) is 5.10 Å². The molecule has 86 valence electrons. The van der Waals surface area contributed by atoms with Crippen LogP contribution in [0.2, 0.25) is 0 Å². The van der Waals surface area contributed by atoms with Crippen LogP contribution >= 0.6 is 0 Å². The Bertz CT molecular complexity index is 221. The van der Waals surface area contributed by atoms with E-state index >= 15 is 0 Å². The number of H-pyrrole nitrogens is 1. The van der Waals surface area contributed by atoms with Gasteiger partial charge in [0.2, 0.25) is 0 Å². The predicted octanol–water partition coefficient (Wildman–Crippen LogP) is 1.91. The van der Waals surface area contributed by atoms with E-state index in [1.807, 2.05) is 0 Å². The molecule has 1 rings (SSSR count). The molecule has 1 aromatic heterocycles. The fourth-order valence-corrected chi connectivity index (χ4v) is 1.54. The van der Waals surface area contributed by atoms with Crippen LogP contribution in [0.3, 0.4) is 0 Å². The van der Waals surface area contributed by atoms with Gasteiger partial charge in [0.1, 0.15) is 12.2 Å². The summed E-state index contributed by atoms with van der Waals surface area (Å²) >= 11 is 0. The number of nitrogens with zero attached hydrogens (tertiary/aromatic N) is 2. The second-order valence-corrected chi connectivity index (χ2v) is 3.85. The van der Waals surface area contributed by atoms with E-state index in [1.165, 1.54) is 32.1 Å². The maximum Gasteiger partial charge on any atom is 0.137 e. The minimum Gasteiger partial charge on any atom is -0.316 e. The molecule has 0 spiro atoms. The average Bonchev–Trinajstić information content (AvgIpc) is 2.75. The number of nitrogens with one attached hydrogen (secondary N) is 2. The van der Waals surface area contributed by atoms with Gasteiger partial charge in [0.05, 0.1) is 0 Å². The Morgan fingerprint density at radius 2 is 2.07 bits per heavy atom. The van der Waals surface area contributed by atoms with E-state index in [1.54, 1.807) is 6.33 Å². The van der Waals surface area contributed by atoms with Crippen LogP contribution in [0, 0.1) is 0 Å². The van der Waals surface area contributed by atoms with E-state index in [2.05, 4.69) is 27.4 Å². The Labute approximate surface area is 91.9 Å². The number of unbranched alkanes of at least 4 members (excludes halogenated alkanes) is 4. The summed E-state index contributed by atoms with van der Waals surface area (Å²) in [4.78, 5) is 4.07. The van der Waals surface area contributed by atoms with Crippen molar-refractivity contribution in [1.29, 1.82) is 0 Å². The zero-order valence-corrected chi connectivity index (χ0v) is 9.63. The first-order chi connectivity index (χ1) is 7.43. The Morgan fingerprint density at radius 1 is 1.20 bits per heavy atom. The van der Waals surface area contributed by atoms with Crippen molar-refractivity contribution in [2.24, 2.45) is 0 Å². The molecule has 0 saturated carbocycles. The van der Waals surface area contributed by atoms with Crippen LogP contribution in [0.4, 0.5) is 0 Å². The lowest BCUT2D eigenvalue weighted by Gasteiger charge is -2.02. The first kappa shape index (κ1) is 12.2. The summed E-state index contributed by atoms with van der Waals surface area (Å²) in [6, 6.07) is 0. The van der Waals surface area contributed by atoms with E-state index < -0.39 is 0 Å². The zero-order valence-electron chi connectivity index (χ0n) is 9.63. The normalized spacial score (nSPS) is 10.7. The molecule has 0 fully saturated rings. The molecule has 0 aliphatic heterocycles. The molecule has 0 aromatic carbocycles. The van der Waals surface area contributed by atoms with Crippen LogP contribution in [0.15, 0.2) is 6.33 Å². The number of rotatable bonds is 9. The first-order valence-corrected chi connectivity index (χ1v) is 5.98. The van der Waals surface area contributed by atoms with Crippen molar-refractivity contribution < 1.29 is 0 Å². The Morgan fingerprint density at radius 3 is 2.80 bits per heavy atom.